The third-order valence-corrected chi connectivity index (χ3v) is 5.73. The number of amides is 2. The molecule has 0 unspecified atom stereocenters. The second-order valence-electron chi connectivity index (χ2n) is 7.72. The molecule has 0 aliphatic heterocycles. The van der Waals surface area contributed by atoms with E-state index >= 15 is 0 Å². The van der Waals surface area contributed by atoms with Crippen LogP contribution in [0, 0.1) is 23.2 Å². The summed E-state index contributed by atoms with van der Waals surface area (Å²) in [7, 11) is 1.51. The van der Waals surface area contributed by atoms with Crippen LogP contribution in [0.2, 0.25) is 0 Å². The first-order valence-electron chi connectivity index (χ1n) is 12.0. The highest BCUT2D eigenvalue weighted by molar-refractivity contribution is 6.02. The summed E-state index contributed by atoms with van der Waals surface area (Å²) < 4.78 is 29.6. The van der Waals surface area contributed by atoms with Gasteiger partial charge in [0.15, 0.2) is 5.75 Å². The first-order valence-corrected chi connectivity index (χ1v) is 10.5. The summed E-state index contributed by atoms with van der Waals surface area (Å²) in [4.78, 5) is 29.4. The maximum atomic E-state index is 12.7. The van der Waals surface area contributed by atoms with Crippen molar-refractivity contribution >= 4 is 39.9 Å². The molecule has 0 spiro atoms. The molecule has 0 atom stereocenters. The molecular weight excluding hydrogens is 422 g/mol. The van der Waals surface area contributed by atoms with Gasteiger partial charge in [-0.2, -0.15) is 10.4 Å². The third kappa shape index (κ3) is 4.17. The number of nitriles is 1. The fourth-order valence-corrected chi connectivity index (χ4v) is 3.88. The first-order chi connectivity index (χ1) is 17.1. The zero-order chi connectivity index (χ0) is 26.0. The minimum absolute atomic E-state index is 0.0385. The van der Waals surface area contributed by atoms with E-state index in [0.717, 1.165) is 10.9 Å². The highest BCUT2D eigenvalue weighted by Crippen LogP contribution is 2.37. The minimum Gasteiger partial charge on any atom is -0.492 e. The van der Waals surface area contributed by atoms with E-state index in [1.807, 2.05) is 18.3 Å². The van der Waals surface area contributed by atoms with Crippen LogP contribution < -0.4 is 20.7 Å². The Labute approximate surface area is 195 Å². The van der Waals surface area contributed by atoms with Crippen LogP contribution in [-0.2, 0) is 11.3 Å². The number of anilines is 3. The van der Waals surface area contributed by atoms with Crippen molar-refractivity contribution in [3.63, 3.8) is 0 Å². The van der Waals surface area contributed by atoms with E-state index in [1.165, 1.54) is 19.4 Å². The first kappa shape index (κ1) is 18.4. The van der Waals surface area contributed by atoms with Crippen molar-refractivity contribution in [2.75, 3.05) is 24.7 Å². The van der Waals surface area contributed by atoms with Crippen LogP contribution in [0.15, 0.2) is 30.6 Å². The average Bonchev–Trinajstić information content (AvgIpc) is 3.20. The topological polar surface area (TPSA) is 134 Å². The van der Waals surface area contributed by atoms with E-state index < -0.39 is 12.9 Å². The molecule has 33 heavy (non-hydrogen) atoms. The number of aromatic nitrogens is 3. The number of hydrogen-bond acceptors (Lipinski definition) is 7. The van der Waals surface area contributed by atoms with Crippen molar-refractivity contribution in [1.82, 2.24) is 20.1 Å². The quantitative estimate of drug-likeness (QED) is 0.504. The van der Waals surface area contributed by atoms with Gasteiger partial charge in [0, 0.05) is 47.1 Å². The van der Waals surface area contributed by atoms with Crippen LogP contribution in [0.3, 0.4) is 0 Å². The zero-order valence-corrected chi connectivity index (χ0v) is 18.2. The lowest BCUT2D eigenvalue weighted by Crippen LogP contribution is -2.34. The van der Waals surface area contributed by atoms with Crippen LogP contribution in [0.4, 0.5) is 17.2 Å². The summed E-state index contributed by atoms with van der Waals surface area (Å²) in [6.45, 7) is -0.149. The molecule has 3 N–H and O–H groups in total. The molecule has 3 aromatic rings. The number of hydrogen-bond donors (Lipinski definition) is 3. The minimum atomic E-state index is -2.70. The van der Waals surface area contributed by atoms with Crippen LogP contribution in [-0.4, -0.2) is 40.7 Å². The third-order valence-electron chi connectivity index (χ3n) is 5.73. The monoisotopic (exact) mass is 450 g/mol. The Morgan fingerprint density at radius 1 is 1.33 bits per heavy atom. The highest BCUT2D eigenvalue weighted by Gasteiger charge is 2.34. The van der Waals surface area contributed by atoms with E-state index in [2.05, 4.69) is 26.8 Å². The number of aryl methyl sites for hydroxylation is 1. The van der Waals surface area contributed by atoms with Crippen LogP contribution in [0.1, 0.15) is 34.2 Å². The molecule has 0 saturated heterocycles. The molecule has 10 nitrogen and oxygen atoms in total. The van der Waals surface area contributed by atoms with Gasteiger partial charge in [-0.05, 0) is 31.9 Å². The van der Waals surface area contributed by atoms with Gasteiger partial charge in [-0.25, -0.2) is 4.98 Å². The molecule has 2 heterocycles. The molecule has 1 aliphatic rings. The van der Waals surface area contributed by atoms with Gasteiger partial charge in [0.1, 0.15) is 11.3 Å². The van der Waals surface area contributed by atoms with Crippen molar-refractivity contribution in [2.24, 2.45) is 11.8 Å². The number of ether oxygens (including phenoxy) is 1. The van der Waals surface area contributed by atoms with Gasteiger partial charge in [0.2, 0.25) is 5.91 Å². The van der Waals surface area contributed by atoms with E-state index in [0.29, 0.717) is 30.8 Å². The molecule has 170 valence electrons. The van der Waals surface area contributed by atoms with E-state index in [4.69, 9.17) is 14.1 Å². The number of rotatable bonds is 7. The molecule has 1 fully saturated rings. The number of pyridine rings is 1. The lowest BCUT2D eigenvalue weighted by molar-refractivity contribution is -0.123. The summed E-state index contributed by atoms with van der Waals surface area (Å²) in [5.74, 6) is -0.901. The number of fused-ring (bicyclic) bond motifs is 1. The lowest BCUT2D eigenvalue weighted by Gasteiger charge is -2.29. The molecule has 1 aliphatic carbocycles. The number of nitrogens with zero attached hydrogens (tertiary/aromatic N) is 4. The van der Waals surface area contributed by atoms with E-state index in [9.17, 15) is 9.59 Å². The molecule has 1 aromatic carbocycles. The standard InChI is InChI=1S/C23H25N7O3/c1-4-30-20-14(11-27-30)5-6-17(21(20)33-3)28-18-9-19(26-12-16(18)23(32)25-2)29-22(31)15-7-13(8-15)10-24/h5-6,9,11-13,15H,4,7-8H2,1-3H3,(H,25,32)(H2,26,28,29,31)/t13-,15+/i2D3. The predicted molar refractivity (Wildman–Crippen MR) is 123 cm³/mol. The number of benzene rings is 1. The molecule has 2 amide bonds. The smallest absolute Gasteiger partial charge is 0.254 e. The van der Waals surface area contributed by atoms with Gasteiger partial charge in [-0.1, -0.05) is 0 Å². The fourth-order valence-electron chi connectivity index (χ4n) is 3.88. The van der Waals surface area contributed by atoms with Crippen LogP contribution >= 0.6 is 0 Å². The Bertz CT molecular complexity index is 1360. The maximum absolute atomic E-state index is 12.7. The summed E-state index contributed by atoms with van der Waals surface area (Å²) in [5.41, 5.74) is 1.43. The summed E-state index contributed by atoms with van der Waals surface area (Å²) >= 11 is 0. The second kappa shape index (κ2) is 9.16. The zero-order valence-electron chi connectivity index (χ0n) is 21.2. The number of carbonyl (C=O) groups is 2. The lowest BCUT2D eigenvalue weighted by atomic mass is 9.75. The second-order valence-corrected chi connectivity index (χ2v) is 7.72. The van der Waals surface area contributed by atoms with E-state index in [-0.39, 0.29) is 34.8 Å². The summed E-state index contributed by atoms with van der Waals surface area (Å²) in [5, 5.41) is 22.0. The normalized spacial score (nSPS) is 18.8. The Morgan fingerprint density at radius 2 is 2.15 bits per heavy atom. The van der Waals surface area contributed by atoms with Crippen LogP contribution in [0.5, 0.6) is 5.75 Å². The van der Waals surface area contributed by atoms with Gasteiger partial charge in [0.05, 0.1) is 36.3 Å². The number of carbonyl (C=O) groups excluding carboxylic acids is 2. The largest absolute Gasteiger partial charge is 0.492 e. The predicted octanol–water partition coefficient (Wildman–Crippen LogP) is 3.05. The molecule has 0 radical (unpaired) electrons. The summed E-state index contributed by atoms with van der Waals surface area (Å²) in [6.07, 6.45) is 3.88. The molecule has 2 aromatic heterocycles. The average molecular weight is 451 g/mol. The molecular formula is C23H25N7O3. The van der Waals surface area contributed by atoms with Gasteiger partial charge in [-0.15, -0.1) is 0 Å². The Hall–Kier alpha value is -4.13. The van der Waals surface area contributed by atoms with Crippen molar-refractivity contribution < 1.29 is 18.4 Å². The Balaban J connectivity index is 1.70. The molecule has 1 saturated carbocycles. The Morgan fingerprint density at radius 3 is 2.85 bits per heavy atom. The number of nitrogens with one attached hydrogen (secondary N) is 3. The molecule has 10 heteroatoms. The van der Waals surface area contributed by atoms with Crippen LogP contribution in [0.25, 0.3) is 10.9 Å². The molecule has 4 rings (SSSR count). The van der Waals surface area contributed by atoms with Crippen molar-refractivity contribution in [2.45, 2.75) is 26.3 Å². The SMILES string of the molecule is [2H]C([2H])([2H])NC(=O)c1cnc(NC(=O)[C@H]2C[C@@H](C#N)C2)cc1Nc1ccc2cnn(CC)c2c1OC. The maximum Gasteiger partial charge on any atom is 0.254 e. The van der Waals surface area contributed by atoms with Crippen molar-refractivity contribution in [3.8, 4) is 11.8 Å². The molecule has 0 bridgehead atoms. The Kier molecular flexibility index (Phi) is 5.12. The van der Waals surface area contributed by atoms with E-state index in [1.54, 1.807) is 16.9 Å². The van der Waals surface area contributed by atoms with Gasteiger partial charge >= 0.3 is 0 Å². The highest BCUT2D eigenvalue weighted by atomic mass is 16.5. The van der Waals surface area contributed by atoms with Gasteiger partial charge < -0.3 is 20.7 Å². The number of methoxy groups -OCH3 is 1. The fraction of sp³-hybridized carbons (Fsp3) is 0.348. The van der Waals surface area contributed by atoms with Crippen molar-refractivity contribution in [3.05, 3.63) is 36.2 Å². The van der Waals surface area contributed by atoms with Gasteiger partial charge in [-0.3, -0.25) is 14.3 Å². The van der Waals surface area contributed by atoms with Gasteiger partial charge in [0.25, 0.3) is 5.91 Å². The summed E-state index contributed by atoms with van der Waals surface area (Å²) in [6, 6.07) is 7.19. The van der Waals surface area contributed by atoms with Crippen molar-refractivity contribution in [1.29, 1.82) is 5.26 Å².